The van der Waals surface area contributed by atoms with Crippen LogP contribution in [0.15, 0.2) is 29.8 Å². The molecular formula is C12H11NO3S. The van der Waals surface area contributed by atoms with E-state index in [0.717, 1.165) is 11.2 Å². The number of carbonyl (C=O) groups excluding carboxylic acids is 2. The predicted octanol–water partition coefficient (Wildman–Crippen LogP) is 2.20. The fourth-order valence-corrected chi connectivity index (χ4v) is 2.45. The van der Waals surface area contributed by atoms with E-state index in [1.807, 2.05) is 11.6 Å². The quantitative estimate of drug-likeness (QED) is 0.616. The summed E-state index contributed by atoms with van der Waals surface area (Å²) in [6.45, 7) is 0.503. The second kappa shape index (κ2) is 4.97. The number of aldehydes is 1. The van der Waals surface area contributed by atoms with Gasteiger partial charge in [-0.15, -0.1) is 11.3 Å². The van der Waals surface area contributed by atoms with Crippen molar-refractivity contribution in [2.24, 2.45) is 0 Å². The minimum Gasteiger partial charge on any atom is -0.465 e. The maximum absolute atomic E-state index is 11.5. The average Bonchev–Trinajstić information content (AvgIpc) is 2.97. The molecule has 0 aromatic carbocycles. The average molecular weight is 249 g/mol. The summed E-state index contributed by atoms with van der Waals surface area (Å²) >= 11 is 1.47. The molecule has 0 radical (unpaired) electrons. The fraction of sp³-hybridized carbons (Fsp3) is 0.167. The van der Waals surface area contributed by atoms with E-state index in [-0.39, 0.29) is 5.97 Å². The van der Waals surface area contributed by atoms with Crippen molar-refractivity contribution in [3.05, 3.63) is 45.9 Å². The van der Waals surface area contributed by atoms with E-state index in [9.17, 15) is 9.59 Å². The van der Waals surface area contributed by atoms with Gasteiger partial charge in [0.05, 0.1) is 24.9 Å². The van der Waals surface area contributed by atoms with Crippen molar-refractivity contribution in [2.45, 2.75) is 6.54 Å². The largest absolute Gasteiger partial charge is 0.465 e. The molecule has 2 heterocycles. The van der Waals surface area contributed by atoms with Gasteiger partial charge in [0.25, 0.3) is 0 Å². The van der Waals surface area contributed by atoms with E-state index in [2.05, 4.69) is 0 Å². The van der Waals surface area contributed by atoms with Crippen molar-refractivity contribution in [2.75, 3.05) is 7.11 Å². The topological polar surface area (TPSA) is 48.3 Å². The first kappa shape index (κ1) is 11.6. The van der Waals surface area contributed by atoms with E-state index in [0.29, 0.717) is 17.8 Å². The molecule has 0 atom stereocenters. The number of aromatic nitrogens is 1. The van der Waals surface area contributed by atoms with Crippen LogP contribution < -0.4 is 0 Å². The number of ether oxygens (including phenoxy) is 1. The molecule has 0 saturated heterocycles. The van der Waals surface area contributed by atoms with Gasteiger partial charge >= 0.3 is 5.97 Å². The molecule has 0 aliphatic heterocycles. The third kappa shape index (κ3) is 2.29. The van der Waals surface area contributed by atoms with Gasteiger partial charge in [-0.2, -0.15) is 0 Å². The van der Waals surface area contributed by atoms with Gasteiger partial charge in [-0.1, -0.05) is 0 Å². The number of hydrogen-bond acceptors (Lipinski definition) is 4. The van der Waals surface area contributed by atoms with Crippen molar-refractivity contribution >= 4 is 23.6 Å². The molecular weight excluding hydrogens is 238 g/mol. The molecule has 0 aliphatic rings. The molecule has 0 spiro atoms. The Balaban J connectivity index is 2.28. The third-order valence-corrected chi connectivity index (χ3v) is 3.36. The van der Waals surface area contributed by atoms with E-state index < -0.39 is 0 Å². The second-order valence-electron chi connectivity index (χ2n) is 3.43. The molecule has 0 saturated carbocycles. The zero-order valence-electron chi connectivity index (χ0n) is 9.25. The Kier molecular flexibility index (Phi) is 3.39. The number of esters is 1. The number of thiophene rings is 1. The van der Waals surface area contributed by atoms with Crippen LogP contribution in [-0.2, 0) is 11.3 Å². The molecule has 0 unspecified atom stereocenters. The summed E-state index contributed by atoms with van der Waals surface area (Å²) < 4.78 is 6.50. The van der Waals surface area contributed by atoms with Gasteiger partial charge in [0.2, 0.25) is 0 Å². The van der Waals surface area contributed by atoms with Gasteiger partial charge in [0, 0.05) is 11.1 Å². The zero-order valence-corrected chi connectivity index (χ0v) is 10.1. The van der Waals surface area contributed by atoms with Crippen LogP contribution in [0.2, 0.25) is 0 Å². The molecule has 5 heteroatoms. The summed E-state index contributed by atoms with van der Waals surface area (Å²) in [5.74, 6) is -0.346. The van der Waals surface area contributed by atoms with Crippen molar-refractivity contribution in [3.8, 4) is 0 Å². The summed E-state index contributed by atoms with van der Waals surface area (Å²) in [7, 11) is 1.36. The Labute approximate surface area is 102 Å². The first-order valence-corrected chi connectivity index (χ1v) is 5.89. The Hall–Kier alpha value is -1.88. The molecule has 0 fully saturated rings. The van der Waals surface area contributed by atoms with Gasteiger partial charge in [-0.3, -0.25) is 4.79 Å². The van der Waals surface area contributed by atoms with Gasteiger partial charge < -0.3 is 9.30 Å². The summed E-state index contributed by atoms with van der Waals surface area (Å²) in [6, 6.07) is 5.27. The smallest absolute Gasteiger partial charge is 0.339 e. The Bertz CT molecular complexity index is 541. The Morgan fingerprint density at radius 2 is 2.35 bits per heavy atom. The zero-order chi connectivity index (χ0) is 12.3. The van der Waals surface area contributed by atoms with Gasteiger partial charge in [-0.05, 0) is 23.6 Å². The van der Waals surface area contributed by atoms with Crippen LogP contribution in [-0.4, -0.2) is 23.9 Å². The number of rotatable bonds is 4. The first-order chi connectivity index (χ1) is 8.26. The number of carbonyl (C=O) groups is 2. The van der Waals surface area contributed by atoms with Crippen molar-refractivity contribution in [3.63, 3.8) is 0 Å². The monoisotopic (exact) mass is 249 g/mol. The summed E-state index contributed by atoms with van der Waals surface area (Å²) in [5, 5.41) is 1.84. The molecule has 88 valence electrons. The highest BCUT2D eigenvalue weighted by Gasteiger charge is 2.13. The summed E-state index contributed by atoms with van der Waals surface area (Å²) in [5.41, 5.74) is 1.15. The Morgan fingerprint density at radius 1 is 1.53 bits per heavy atom. The standard InChI is InChI=1S/C12H11NO3S/c1-16-12(15)10-4-6-17-11(10)7-13-5-2-3-9(13)8-14/h2-6,8H,7H2,1H3. The van der Waals surface area contributed by atoms with Gasteiger partial charge in [-0.25, -0.2) is 4.79 Å². The molecule has 0 bridgehead atoms. The highest BCUT2D eigenvalue weighted by Crippen LogP contribution is 2.19. The normalized spacial score (nSPS) is 10.2. The lowest BCUT2D eigenvalue weighted by molar-refractivity contribution is 0.0600. The van der Waals surface area contributed by atoms with Crippen LogP contribution in [0.5, 0.6) is 0 Å². The lowest BCUT2D eigenvalue weighted by atomic mass is 10.2. The van der Waals surface area contributed by atoms with Crippen LogP contribution in [0, 0.1) is 0 Å². The molecule has 2 aromatic rings. The van der Waals surface area contributed by atoms with Gasteiger partial charge in [0.1, 0.15) is 0 Å². The lowest BCUT2D eigenvalue weighted by Crippen LogP contribution is -2.07. The van der Waals surface area contributed by atoms with Crippen LogP contribution in [0.1, 0.15) is 25.7 Å². The molecule has 0 aliphatic carbocycles. The van der Waals surface area contributed by atoms with Gasteiger partial charge in [0.15, 0.2) is 6.29 Å². The van der Waals surface area contributed by atoms with Crippen molar-refractivity contribution in [1.29, 1.82) is 0 Å². The van der Waals surface area contributed by atoms with Crippen molar-refractivity contribution in [1.82, 2.24) is 4.57 Å². The van der Waals surface area contributed by atoms with Crippen LogP contribution >= 0.6 is 11.3 Å². The Morgan fingerprint density at radius 3 is 3.06 bits per heavy atom. The summed E-state index contributed by atoms with van der Waals surface area (Å²) in [4.78, 5) is 23.2. The van der Waals surface area contributed by atoms with Crippen LogP contribution in [0.4, 0.5) is 0 Å². The molecule has 17 heavy (non-hydrogen) atoms. The van der Waals surface area contributed by atoms with E-state index in [1.54, 1.807) is 22.8 Å². The van der Waals surface area contributed by atoms with E-state index >= 15 is 0 Å². The number of nitrogens with zero attached hydrogens (tertiary/aromatic N) is 1. The third-order valence-electron chi connectivity index (χ3n) is 2.45. The SMILES string of the molecule is COC(=O)c1ccsc1Cn1cccc1C=O. The second-order valence-corrected chi connectivity index (χ2v) is 4.43. The maximum atomic E-state index is 11.5. The van der Waals surface area contributed by atoms with Crippen molar-refractivity contribution < 1.29 is 14.3 Å². The molecule has 2 aromatic heterocycles. The number of methoxy groups -OCH3 is 1. The summed E-state index contributed by atoms with van der Waals surface area (Å²) in [6.07, 6.45) is 2.61. The predicted molar refractivity (Wildman–Crippen MR) is 64.6 cm³/mol. The molecule has 0 N–H and O–H groups in total. The van der Waals surface area contributed by atoms with E-state index in [1.165, 1.54) is 18.4 Å². The molecule has 2 rings (SSSR count). The fourth-order valence-electron chi connectivity index (χ4n) is 1.59. The lowest BCUT2D eigenvalue weighted by Gasteiger charge is -2.05. The molecule has 0 amide bonds. The molecule has 4 nitrogen and oxygen atoms in total. The maximum Gasteiger partial charge on any atom is 0.339 e. The number of hydrogen-bond donors (Lipinski definition) is 0. The van der Waals surface area contributed by atoms with Crippen LogP contribution in [0.3, 0.4) is 0 Å². The minimum atomic E-state index is -0.346. The highest BCUT2D eigenvalue weighted by atomic mass is 32.1. The first-order valence-electron chi connectivity index (χ1n) is 5.01. The minimum absolute atomic E-state index is 0.346. The highest BCUT2D eigenvalue weighted by molar-refractivity contribution is 7.10. The van der Waals surface area contributed by atoms with E-state index in [4.69, 9.17) is 4.74 Å². The van der Waals surface area contributed by atoms with Crippen LogP contribution in [0.25, 0.3) is 0 Å².